The van der Waals surface area contributed by atoms with Crippen LogP contribution in [0.2, 0.25) is 0 Å². The van der Waals surface area contributed by atoms with E-state index in [1.54, 1.807) is 6.20 Å². The molecule has 1 fully saturated rings. The number of rotatable bonds is 4. The van der Waals surface area contributed by atoms with Crippen LogP contribution in [-0.2, 0) is 0 Å². The van der Waals surface area contributed by atoms with Crippen molar-refractivity contribution in [2.75, 3.05) is 24.1 Å². The van der Waals surface area contributed by atoms with Crippen LogP contribution in [0, 0.1) is 0 Å². The Morgan fingerprint density at radius 2 is 2.22 bits per heavy atom. The standard InChI is InChI=1S/C17H20N6/c18-17-9-15(20-10-12-2-1-6-19-12)13-4-3-11(8-16(13)22-17)14-5-7-21-23-14/h3-5,7-9,12,19H,1-2,6,10H2,(H,21,23)(H3,18,20,22)/t12-/m1/s1. The van der Waals surface area contributed by atoms with Gasteiger partial charge in [0.2, 0.25) is 0 Å². The van der Waals surface area contributed by atoms with Gasteiger partial charge >= 0.3 is 0 Å². The summed E-state index contributed by atoms with van der Waals surface area (Å²) < 4.78 is 0. The predicted molar refractivity (Wildman–Crippen MR) is 93.3 cm³/mol. The molecular formula is C17H20N6. The average molecular weight is 308 g/mol. The molecule has 1 aliphatic rings. The topological polar surface area (TPSA) is 91.6 Å². The largest absolute Gasteiger partial charge is 0.384 e. The molecule has 1 atom stereocenters. The van der Waals surface area contributed by atoms with E-state index in [0.717, 1.165) is 40.9 Å². The first-order valence-electron chi connectivity index (χ1n) is 7.97. The monoisotopic (exact) mass is 308 g/mol. The summed E-state index contributed by atoms with van der Waals surface area (Å²) in [6, 6.07) is 10.6. The van der Waals surface area contributed by atoms with Gasteiger partial charge in [0.25, 0.3) is 0 Å². The molecule has 0 unspecified atom stereocenters. The highest BCUT2D eigenvalue weighted by Crippen LogP contribution is 2.28. The summed E-state index contributed by atoms with van der Waals surface area (Å²) >= 11 is 0. The molecule has 4 rings (SSSR count). The van der Waals surface area contributed by atoms with Crippen LogP contribution in [0.5, 0.6) is 0 Å². The van der Waals surface area contributed by atoms with Crippen LogP contribution in [-0.4, -0.2) is 34.3 Å². The normalized spacial score (nSPS) is 17.7. The van der Waals surface area contributed by atoms with Crippen LogP contribution in [0.4, 0.5) is 11.5 Å². The first-order chi connectivity index (χ1) is 11.3. The summed E-state index contributed by atoms with van der Waals surface area (Å²) in [5.41, 5.74) is 9.94. The first-order valence-corrected chi connectivity index (χ1v) is 7.97. The number of hydrogen-bond donors (Lipinski definition) is 4. The fraction of sp³-hybridized carbons (Fsp3) is 0.294. The number of pyridine rings is 1. The van der Waals surface area contributed by atoms with Gasteiger partial charge < -0.3 is 16.4 Å². The number of anilines is 2. The number of H-pyrrole nitrogens is 1. The Morgan fingerprint density at radius 1 is 1.26 bits per heavy atom. The molecule has 23 heavy (non-hydrogen) atoms. The van der Waals surface area contributed by atoms with Crippen LogP contribution >= 0.6 is 0 Å². The number of benzene rings is 1. The number of nitrogens with two attached hydrogens (primary N) is 1. The van der Waals surface area contributed by atoms with E-state index in [4.69, 9.17) is 5.73 Å². The number of nitrogen functional groups attached to an aromatic ring is 1. The molecule has 1 aliphatic heterocycles. The van der Waals surface area contributed by atoms with Crippen LogP contribution < -0.4 is 16.4 Å². The second-order valence-corrected chi connectivity index (χ2v) is 5.97. The van der Waals surface area contributed by atoms with Crippen LogP contribution in [0.25, 0.3) is 22.2 Å². The third-order valence-electron chi connectivity index (χ3n) is 4.34. The number of nitrogens with one attached hydrogen (secondary N) is 3. The molecule has 0 spiro atoms. The number of fused-ring (bicyclic) bond motifs is 1. The van der Waals surface area contributed by atoms with Gasteiger partial charge in [0.15, 0.2) is 0 Å². The molecule has 1 saturated heterocycles. The van der Waals surface area contributed by atoms with Crippen molar-refractivity contribution in [1.82, 2.24) is 20.5 Å². The Bertz CT molecular complexity index is 805. The van der Waals surface area contributed by atoms with Crippen molar-refractivity contribution in [3.8, 4) is 11.3 Å². The summed E-state index contributed by atoms with van der Waals surface area (Å²) in [7, 11) is 0. The molecule has 0 aliphatic carbocycles. The number of hydrogen-bond acceptors (Lipinski definition) is 5. The Hall–Kier alpha value is -2.60. The van der Waals surface area contributed by atoms with Crippen molar-refractivity contribution in [2.24, 2.45) is 0 Å². The summed E-state index contributed by atoms with van der Waals surface area (Å²) in [5.74, 6) is 0.529. The first kappa shape index (κ1) is 14.0. The van der Waals surface area contributed by atoms with Gasteiger partial charge in [-0.15, -0.1) is 0 Å². The zero-order chi connectivity index (χ0) is 15.6. The minimum Gasteiger partial charge on any atom is -0.384 e. The van der Waals surface area contributed by atoms with Crippen LogP contribution in [0.15, 0.2) is 36.5 Å². The minimum atomic E-state index is 0.529. The van der Waals surface area contributed by atoms with Crippen molar-refractivity contribution in [1.29, 1.82) is 0 Å². The maximum atomic E-state index is 5.99. The molecule has 0 saturated carbocycles. The SMILES string of the molecule is Nc1cc(NC[C@H]2CCCN2)c2ccc(-c3ccn[nH]3)cc2n1. The third kappa shape index (κ3) is 2.85. The van der Waals surface area contributed by atoms with Gasteiger partial charge in [-0.05, 0) is 31.5 Å². The minimum absolute atomic E-state index is 0.529. The Labute approximate surface area is 134 Å². The molecule has 1 aromatic carbocycles. The molecule has 118 valence electrons. The lowest BCUT2D eigenvalue weighted by atomic mass is 10.1. The van der Waals surface area contributed by atoms with Crippen LogP contribution in [0.1, 0.15) is 12.8 Å². The van der Waals surface area contributed by atoms with E-state index in [9.17, 15) is 0 Å². The molecule has 5 N–H and O–H groups in total. The maximum absolute atomic E-state index is 5.99. The lowest BCUT2D eigenvalue weighted by Gasteiger charge is -2.15. The second-order valence-electron chi connectivity index (χ2n) is 5.97. The Balaban J connectivity index is 1.67. The van der Waals surface area contributed by atoms with E-state index in [-0.39, 0.29) is 0 Å². The summed E-state index contributed by atoms with van der Waals surface area (Å²) in [4.78, 5) is 4.47. The summed E-state index contributed by atoms with van der Waals surface area (Å²) in [6.45, 7) is 2.01. The van der Waals surface area contributed by atoms with Crippen molar-refractivity contribution < 1.29 is 0 Å². The highest BCUT2D eigenvalue weighted by atomic mass is 15.1. The molecule has 6 nitrogen and oxygen atoms in total. The molecular weight excluding hydrogens is 288 g/mol. The quantitative estimate of drug-likeness (QED) is 0.594. The van der Waals surface area contributed by atoms with Crippen molar-refractivity contribution in [2.45, 2.75) is 18.9 Å². The fourth-order valence-corrected chi connectivity index (χ4v) is 3.14. The van der Waals surface area contributed by atoms with Gasteiger partial charge in [-0.2, -0.15) is 5.10 Å². The number of nitrogens with zero attached hydrogens (tertiary/aromatic N) is 2. The molecule has 3 aromatic rings. The third-order valence-corrected chi connectivity index (χ3v) is 4.34. The average Bonchev–Trinajstić information content (AvgIpc) is 3.25. The maximum Gasteiger partial charge on any atom is 0.126 e. The Kier molecular flexibility index (Phi) is 3.59. The highest BCUT2D eigenvalue weighted by molar-refractivity contribution is 5.95. The van der Waals surface area contributed by atoms with Gasteiger partial charge in [0.05, 0.1) is 11.2 Å². The van der Waals surface area contributed by atoms with Gasteiger partial charge in [-0.25, -0.2) is 4.98 Å². The molecule has 3 heterocycles. The van der Waals surface area contributed by atoms with Crippen molar-refractivity contribution in [3.05, 3.63) is 36.5 Å². The van der Waals surface area contributed by atoms with Gasteiger partial charge in [-0.1, -0.05) is 12.1 Å². The number of aromatic nitrogens is 3. The summed E-state index contributed by atoms with van der Waals surface area (Å²) in [6.07, 6.45) is 4.21. The highest BCUT2D eigenvalue weighted by Gasteiger charge is 2.14. The van der Waals surface area contributed by atoms with Gasteiger partial charge in [-0.3, -0.25) is 5.10 Å². The van der Waals surface area contributed by atoms with E-state index >= 15 is 0 Å². The van der Waals surface area contributed by atoms with Crippen molar-refractivity contribution >= 4 is 22.4 Å². The zero-order valence-corrected chi connectivity index (χ0v) is 12.8. The van der Waals surface area contributed by atoms with E-state index < -0.39 is 0 Å². The summed E-state index contributed by atoms with van der Waals surface area (Å²) in [5, 5.41) is 15.1. The van der Waals surface area contributed by atoms with Gasteiger partial charge in [0, 0.05) is 41.5 Å². The second kappa shape index (κ2) is 5.89. The lowest BCUT2D eigenvalue weighted by molar-refractivity contribution is 0.634. The molecule has 0 radical (unpaired) electrons. The predicted octanol–water partition coefficient (Wildman–Crippen LogP) is 2.37. The molecule has 0 bridgehead atoms. The lowest BCUT2D eigenvalue weighted by Crippen LogP contribution is -2.29. The smallest absolute Gasteiger partial charge is 0.126 e. The van der Waals surface area contributed by atoms with Gasteiger partial charge in [0.1, 0.15) is 5.82 Å². The zero-order valence-electron chi connectivity index (χ0n) is 12.8. The van der Waals surface area contributed by atoms with E-state index in [1.165, 1.54) is 12.8 Å². The Morgan fingerprint density at radius 3 is 3.00 bits per heavy atom. The fourth-order valence-electron chi connectivity index (χ4n) is 3.14. The molecule has 6 heteroatoms. The van der Waals surface area contributed by atoms with Crippen LogP contribution in [0.3, 0.4) is 0 Å². The molecule has 2 aromatic heterocycles. The van der Waals surface area contributed by atoms with E-state index in [2.05, 4.69) is 37.9 Å². The van der Waals surface area contributed by atoms with E-state index in [1.807, 2.05) is 18.2 Å². The van der Waals surface area contributed by atoms with Crippen molar-refractivity contribution in [3.63, 3.8) is 0 Å². The number of aromatic amines is 1. The molecule has 0 amide bonds. The van der Waals surface area contributed by atoms with E-state index in [0.29, 0.717) is 11.9 Å².